The van der Waals surface area contributed by atoms with Gasteiger partial charge in [0.1, 0.15) is 5.58 Å². The molecule has 1 unspecified atom stereocenters. The van der Waals surface area contributed by atoms with Crippen LogP contribution in [0.15, 0.2) is 22.8 Å². The summed E-state index contributed by atoms with van der Waals surface area (Å²) in [7, 11) is 0. The molecule has 0 amide bonds. The second kappa shape index (κ2) is 6.07. The van der Waals surface area contributed by atoms with Gasteiger partial charge < -0.3 is 13.9 Å². The standard InChI is InChI=1S/C18H20O5/c1-10(2)13-8-14-12(9-22-16(14)6-11(13)3)7-17(19)23-15-4-5-21-18(15)20/h6,8-10,15H,4-5,7H2,1-3H3. The van der Waals surface area contributed by atoms with Crippen molar-refractivity contribution >= 4 is 22.9 Å². The molecule has 2 aromatic rings. The molecule has 1 aliphatic rings. The molecule has 1 aliphatic heterocycles. The number of furan rings is 1. The first-order valence-electron chi connectivity index (χ1n) is 7.82. The summed E-state index contributed by atoms with van der Waals surface area (Å²) in [6, 6.07) is 4.07. The summed E-state index contributed by atoms with van der Waals surface area (Å²) in [5, 5.41) is 0.922. The Kier molecular flexibility index (Phi) is 4.11. The summed E-state index contributed by atoms with van der Waals surface area (Å²) in [5.74, 6) is -0.515. The third kappa shape index (κ3) is 3.09. The fourth-order valence-electron chi connectivity index (χ4n) is 2.94. The quantitative estimate of drug-likeness (QED) is 0.810. The first kappa shape index (κ1) is 15.6. The van der Waals surface area contributed by atoms with Gasteiger partial charge in [-0.05, 0) is 36.1 Å². The van der Waals surface area contributed by atoms with Gasteiger partial charge in [0.05, 0.1) is 19.3 Å². The topological polar surface area (TPSA) is 65.7 Å². The molecule has 122 valence electrons. The summed E-state index contributed by atoms with van der Waals surface area (Å²) in [5.41, 5.74) is 3.94. The van der Waals surface area contributed by atoms with E-state index in [0.29, 0.717) is 18.9 Å². The van der Waals surface area contributed by atoms with E-state index in [9.17, 15) is 9.59 Å². The highest BCUT2D eigenvalue weighted by molar-refractivity contribution is 5.88. The van der Waals surface area contributed by atoms with Gasteiger partial charge in [-0.3, -0.25) is 4.79 Å². The molecular weight excluding hydrogens is 296 g/mol. The number of fused-ring (bicyclic) bond motifs is 1. The zero-order valence-electron chi connectivity index (χ0n) is 13.5. The summed E-state index contributed by atoms with van der Waals surface area (Å²) >= 11 is 0. The van der Waals surface area contributed by atoms with E-state index >= 15 is 0 Å². The highest BCUT2D eigenvalue weighted by atomic mass is 16.6. The van der Waals surface area contributed by atoms with Gasteiger partial charge in [0, 0.05) is 17.4 Å². The fraction of sp³-hybridized carbons (Fsp3) is 0.444. The highest BCUT2D eigenvalue weighted by Crippen LogP contribution is 2.29. The smallest absolute Gasteiger partial charge is 0.347 e. The minimum absolute atomic E-state index is 0.0807. The van der Waals surface area contributed by atoms with Crippen LogP contribution in [0.2, 0.25) is 0 Å². The van der Waals surface area contributed by atoms with Crippen LogP contribution >= 0.6 is 0 Å². The molecule has 0 radical (unpaired) electrons. The molecule has 0 aliphatic carbocycles. The Morgan fingerprint density at radius 2 is 2.17 bits per heavy atom. The molecule has 1 aromatic heterocycles. The third-order valence-corrected chi connectivity index (χ3v) is 4.16. The van der Waals surface area contributed by atoms with Crippen LogP contribution in [-0.4, -0.2) is 24.6 Å². The Bertz CT molecular complexity index is 756. The number of ether oxygens (including phenoxy) is 2. The number of cyclic esters (lactones) is 1. The van der Waals surface area contributed by atoms with Crippen molar-refractivity contribution in [3.05, 3.63) is 35.1 Å². The minimum Gasteiger partial charge on any atom is -0.464 e. The van der Waals surface area contributed by atoms with Crippen LogP contribution in [-0.2, 0) is 25.5 Å². The van der Waals surface area contributed by atoms with Gasteiger partial charge in [-0.15, -0.1) is 0 Å². The largest absolute Gasteiger partial charge is 0.464 e. The van der Waals surface area contributed by atoms with Crippen LogP contribution in [0.4, 0.5) is 0 Å². The average Bonchev–Trinajstić information content (AvgIpc) is 3.05. The molecule has 5 nitrogen and oxygen atoms in total. The molecule has 2 heterocycles. The van der Waals surface area contributed by atoms with Crippen LogP contribution < -0.4 is 0 Å². The number of carbonyl (C=O) groups excluding carboxylic acids is 2. The number of esters is 2. The number of hydrogen-bond donors (Lipinski definition) is 0. The molecule has 5 heteroatoms. The van der Waals surface area contributed by atoms with Crippen LogP contribution in [0.25, 0.3) is 11.0 Å². The predicted octanol–water partition coefficient (Wildman–Crippen LogP) is 3.27. The van der Waals surface area contributed by atoms with Crippen molar-refractivity contribution in [2.24, 2.45) is 0 Å². The van der Waals surface area contributed by atoms with Gasteiger partial charge >= 0.3 is 11.9 Å². The van der Waals surface area contributed by atoms with E-state index in [-0.39, 0.29) is 6.42 Å². The number of carbonyl (C=O) groups is 2. The summed E-state index contributed by atoms with van der Waals surface area (Å²) in [6.07, 6.45) is 1.32. The van der Waals surface area contributed by atoms with Crippen molar-refractivity contribution in [2.45, 2.75) is 45.6 Å². The second-order valence-electron chi connectivity index (χ2n) is 6.23. The lowest BCUT2D eigenvalue weighted by Gasteiger charge is -2.10. The molecule has 0 bridgehead atoms. The Hall–Kier alpha value is -2.30. The molecule has 1 atom stereocenters. The van der Waals surface area contributed by atoms with Crippen LogP contribution in [0.1, 0.15) is 42.9 Å². The van der Waals surface area contributed by atoms with E-state index in [1.54, 1.807) is 6.26 Å². The molecule has 1 aromatic carbocycles. The van der Waals surface area contributed by atoms with Crippen molar-refractivity contribution < 1.29 is 23.5 Å². The molecule has 0 spiro atoms. The van der Waals surface area contributed by atoms with Crippen LogP contribution in [0.5, 0.6) is 0 Å². The Labute approximate surface area is 134 Å². The molecule has 1 saturated heterocycles. The number of rotatable bonds is 4. The van der Waals surface area contributed by atoms with Gasteiger partial charge in [-0.1, -0.05) is 13.8 Å². The summed E-state index contributed by atoms with van der Waals surface area (Å²) in [4.78, 5) is 23.4. The van der Waals surface area contributed by atoms with Gasteiger partial charge in [0.25, 0.3) is 0 Å². The van der Waals surface area contributed by atoms with Crippen LogP contribution in [0, 0.1) is 6.92 Å². The molecule has 1 fully saturated rings. The van der Waals surface area contributed by atoms with Crippen molar-refractivity contribution in [2.75, 3.05) is 6.61 Å². The molecule has 23 heavy (non-hydrogen) atoms. The monoisotopic (exact) mass is 316 g/mol. The maximum atomic E-state index is 12.1. The van der Waals surface area contributed by atoms with E-state index < -0.39 is 18.0 Å². The van der Waals surface area contributed by atoms with E-state index in [4.69, 9.17) is 13.9 Å². The molecule has 0 N–H and O–H groups in total. The van der Waals surface area contributed by atoms with E-state index in [1.165, 1.54) is 11.1 Å². The maximum absolute atomic E-state index is 12.1. The Morgan fingerprint density at radius 1 is 1.39 bits per heavy atom. The summed E-state index contributed by atoms with van der Waals surface area (Å²) < 4.78 is 15.5. The van der Waals surface area contributed by atoms with Gasteiger partial charge in [-0.25, -0.2) is 4.79 Å². The van der Waals surface area contributed by atoms with Gasteiger partial charge in [0.15, 0.2) is 0 Å². The van der Waals surface area contributed by atoms with Crippen molar-refractivity contribution in [3.8, 4) is 0 Å². The number of benzene rings is 1. The molecular formula is C18H20O5. The highest BCUT2D eigenvalue weighted by Gasteiger charge is 2.30. The second-order valence-corrected chi connectivity index (χ2v) is 6.23. The molecule has 0 saturated carbocycles. The van der Waals surface area contributed by atoms with Crippen molar-refractivity contribution in [1.29, 1.82) is 0 Å². The average molecular weight is 316 g/mol. The Morgan fingerprint density at radius 3 is 2.83 bits per heavy atom. The minimum atomic E-state index is -0.769. The lowest BCUT2D eigenvalue weighted by atomic mass is 9.95. The maximum Gasteiger partial charge on any atom is 0.347 e. The van der Waals surface area contributed by atoms with Crippen molar-refractivity contribution in [3.63, 3.8) is 0 Å². The lowest BCUT2D eigenvalue weighted by Crippen LogP contribution is -2.23. The number of hydrogen-bond acceptors (Lipinski definition) is 5. The first-order valence-corrected chi connectivity index (χ1v) is 7.82. The van der Waals surface area contributed by atoms with E-state index in [0.717, 1.165) is 16.5 Å². The first-order chi connectivity index (χ1) is 11.0. The fourth-order valence-corrected chi connectivity index (χ4v) is 2.94. The predicted molar refractivity (Wildman–Crippen MR) is 84.2 cm³/mol. The zero-order chi connectivity index (χ0) is 16.6. The van der Waals surface area contributed by atoms with Gasteiger partial charge in [0.2, 0.25) is 6.10 Å². The van der Waals surface area contributed by atoms with Crippen molar-refractivity contribution in [1.82, 2.24) is 0 Å². The van der Waals surface area contributed by atoms with Gasteiger partial charge in [-0.2, -0.15) is 0 Å². The summed E-state index contributed by atoms with van der Waals surface area (Å²) in [6.45, 7) is 6.63. The Balaban J connectivity index is 1.81. The normalized spacial score (nSPS) is 17.7. The van der Waals surface area contributed by atoms with E-state index in [2.05, 4.69) is 26.8 Å². The molecule has 3 rings (SSSR count). The van der Waals surface area contributed by atoms with E-state index in [1.807, 2.05) is 6.07 Å². The lowest BCUT2D eigenvalue weighted by molar-refractivity contribution is -0.159. The third-order valence-electron chi connectivity index (χ3n) is 4.16. The number of aryl methyl sites for hydroxylation is 1. The SMILES string of the molecule is Cc1cc2occ(CC(=O)OC3CCOC3=O)c2cc1C(C)C. The zero-order valence-corrected chi connectivity index (χ0v) is 13.5. The van der Waals surface area contributed by atoms with Crippen LogP contribution in [0.3, 0.4) is 0 Å².